The van der Waals surface area contributed by atoms with Gasteiger partial charge in [-0.05, 0) is 18.8 Å². The molecule has 2 N–H and O–H groups in total. The number of likely N-dealkylation sites (tertiary alicyclic amines) is 1. The zero-order valence-electron chi connectivity index (χ0n) is 18.8. The molecule has 0 bridgehead atoms. The molecule has 4 rings (SSSR count). The van der Waals surface area contributed by atoms with Crippen molar-refractivity contribution in [1.82, 2.24) is 19.6 Å². The van der Waals surface area contributed by atoms with Gasteiger partial charge in [-0.3, -0.25) is 14.0 Å². The molecule has 1 fully saturated rings. The summed E-state index contributed by atoms with van der Waals surface area (Å²) in [6.45, 7) is 4.09. The van der Waals surface area contributed by atoms with Crippen molar-refractivity contribution in [3.05, 3.63) is 42.7 Å². The molecule has 33 heavy (non-hydrogen) atoms. The minimum atomic E-state index is -0.780. The Morgan fingerprint density at radius 1 is 1.18 bits per heavy atom. The minimum Gasteiger partial charge on any atom is -0.453 e. The van der Waals surface area contributed by atoms with Crippen molar-refractivity contribution in [1.29, 1.82) is 0 Å². The largest absolute Gasteiger partial charge is 0.453 e. The van der Waals surface area contributed by atoms with Crippen molar-refractivity contribution in [2.45, 2.75) is 38.8 Å². The van der Waals surface area contributed by atoms with Gasteiger partial charge in [-0.25, -0.2) is 4.79 Å². The van der Waals surface area contributed by atoms with Crippen LogP contribution in [0, 0.1) is 5.92 Å². The SMILES string of the molecule is COC(=O)N[C@H](C(=O)N1CCC[C@H]1C(=O)Nc1cn2cc(-c3ccccc3)oc2n1)C(C)C. The fourth-order valence-electron chi connectivity index (χ4n) is 3.98. The van der Waals surface area contributed by atoms with Gasteiger partial charge in [0, 0.05) is 12.1 Å². The summed E-state index contributed by atoms with van der Waals surface area (Å²) < 4.78 is 12.1. The molecule has 1 aromatic carbocycles. The maximum absolute atomic E-state index is 13.1. The lowest BCUT2D eigenvalue weighted by Gasteiger charge is -2.30. The molecule has 3 amide bonds. The van der Waals surface area contributed by atoms with E-state index in [0.717, 1.165) is 5.56 Å². The molecule has 2 aromatic heterocycles. The number of aromatic nitrogens is 2. The number of alkyl carbamates (subject to hydrolysis) is 1. The summed E-state index contributed by atoms with van der Waals surface area (Å²) in [7, 11) is 1.24. The molecule has 1 aliphatic heterocycles. The third-order valence-corrected chi connectivity index (χ3v) is 5.70. The van der Waals surface area contributed by atoms with Crippen LogP contribution in [0.1, 0.15) is 26.7 Å². The van der Waals surface area contributed by atoms with Crippen LogP contribution < -0.4 is 10.6 Å². The van der Waals surface area contributed by atoms with Crippen LogP contribution in [0.4, 0.5) is 10.6 Å². The van der Waals surface area contributed by atoms with Crippen molar-refractivity contribution >= 4 is 29.6 Å². The van der Waals surface area contributed by atoms with E-state index in [1.54, 1.807) is 16.8 Å². The quantitative estimate of drug-likeness (QED) is 0.593. The van der Waals surface area contributed by atoms with Crippen LogP contribution in [-0.2, 0) is 14.3 Å². The highest BCUT2D eigenvalue weighted by Gasteiger charge is 2.39. The first-order valence-electron chi connectivity index (χ1n) is 10.9. The number of carbonyl (C=O) groups is 3. The molecular weight excluding hydrogens is 426 g/mol. The summed E-state index contributed by atoms with van der Waals surface area (Å²) in [5, 5.41) is 5.36. The molecule has 0 aliphatic carbocycles. The van der Waals surface area contributed by atoms with Gasteiger partial charge in [-0.15, -0.1) is 0 Å². The van der Waals surface area contributed by atoms with Gasteiger partial charge in [0.1, 0.15) is 12.1 Å². The van der Waals surface area contributed by atoms with Crippen molar-refractivity contribution < 1.29 is 23.5 Å². The number of ether oxygens (including phenoxy) is 1. The number of amides is 3. The van der Waals surface area contributed by atoms with Crippen LogP contribution >= 0.6 is 0 Å². The topological polar surface area (TPSA) is 118 Å². The standard InChI is InChI=1S/C23H27N5O5/c1-14(2)19(26-23(31)32-3)21(30)28-11-7-10-16(28)20(29)24-18-13-27-12-17(33-22(27)25-18)15-8-5-4-6-9-15/h4-6,8-9,12-14,16,19H,7,10-11H2,1-3H3,(H,24,29)(H,26,31)/t16-,19-/m0/s1. The van der Waals surface area contributed by atoms with E-state index in [4.69, 9.17) is 4.42 Å². The highest BCUT2D eigenvalue weighted by atomic mass is 16.5. The van der Waals surface area contributed by atoms with Gasteiger partial charge in [0.05, 0.1) is 19.5 Å². The molecule has 3 heterocycles. The number of hydrogen-bond donors (Lipinski definition) is 2. The van der Waals surface area contributed by atoms with E-state index >= 15 is 0 Å². The zero-order chi connectivity index (χ0) is 23.5. The van der Waals surface area contributed by atoms with E-state index in [0.29, 0.717) is 36.8 Å². The first kappa shape index (κ1) is 22.4. The predicted molar refractivity (Wildman–Crippen MR) is 120 cm³/mol. The average molecular weight is 453 g/mol. The molecule has 0 radical (unpaired) electrons. The van der Waals surface area contributed by atoms with Gasteiger partial charge in [-0.1, -0.05) is 44.2 Å². The molecular formula is C23H27N5O5. The van der Waals surface area contributed by atoms with Crippen molar-refractivity contribution in [2.24, 2.45) is 5.92 Å². The molecule has 1 saturated heterocycles. The molecule has 0 saturated carbocycles. The van der Waals surface area contributed by atoms with Gasteiger partial charge in [0.2, 0.25) is 11.8 Å². The second kappa shape index (κ2) is 9.35. The molecule has 0 unspecified atom stereocenters. The number of benzene rings is 1. The van der Waals surface area contributed by atoms with Crippen molar-refractivity contribution in [3.8, 4) is 11.3 Å². The molecule has 3 aromatic rings. The van der Waals surface area contributed by atoms with Gasteiger partial charge in [0.25, 0.3) is 0 Å². The predicted octanol–water partition coefficient (Wildman–Crippen LogP) is 2.90. The smallest absolute Gasteiger partial charge is 0.407 e. The number of anilines is 1. The van der Waals surface area contributed by atoms with Crippen LogP contribution in [0.15, 0.2) is 47.1 Å². The van der Waals surface area contributed by atoms with Crippen molar-refractivity contribution in [3.63, 3.8) is 0 Å². The lowest BCUT2D eigenvalue weighted by Crippen LogP contribution is -2.54. The van der Waals surface area contributed by atoms with E-state index < -0.39 is 18.2 Å². The Morgan fingerprint density at radius 3 is 2.61 bits per heavy atom. The van der Waals surface area contributed by atoms with E-state index in [1.807, 2.05) is 44.2 Å². The van der Waals surface area contributed by atoms with Gasteiger partial charge in [0.15, 0.2) is 11.6 Å². The maximum Gasteiger partial charge on any atom is 0.407 e. The fraction of sp³-hybridized carbons (Fsp3) is 0.391. The third kappa shape index (κ3) is 4.69. The summed E-state index contributed by atoms with van der Waals surface area (Å²) in [6.07, 6.45) is 4.00. The Balaban J connectivity index is 1.46. The summed E-state index contributed by atoms with van der Waals surface area (Å²) >= 11 is 0. The normalized spacial score (nSPS) is 16.7. The summed E-state index contributed by atoms with van der Waals surface area (Å²) in [5.41, 5.74) is 0.925. The number of nitrogens with zero attached hydrogens (tertiary/aromatic N) is 3. The van der Waals surface area contributed by atoms with E-state index in [1.165, 1.54) is 12.0 Å². The Bertz CT molecular complexity index is 1120. The number of carbonyl (C=O) groups excluding carboxylic acids is 3. The van der Waals surface area contributed by atoms with Crippen LogP contribution in [-0.4, -0.2) is 57.9 Å². The van der Waals surface area contributed by atoms with Gasteiger partial charge < -0.3 is 24.7 Å². The van der Waals surface area contributed by atoms with Crippen molar-refractivity contribution in [2.75, 3.05) is 19.0 Å². The zero-order valence-corrected chi connectivity index (χ0v) is 18.8. The lowest BCUT2D eigenvalue weighted by molar-refractivity contribution is -0.139. The fourth-order valence-corrected chi connectivity index (χ4v) is 3.98. The Morgan fingerprint density at radius 2 is 1.94 bits per heavy atom. The van der Waals surface area contributed by atoms with Gasteiger partial charge >= 0.3 is 11.9 Å². The number of hydrogen-bond acceptors (Lipinski definition) is 6. The Labute approximate surface area is 190 Å². The molecule has 2 atom stereocenters. The van der Waals surface area contributed by atoms with E-state index in [2.05, 4.69) is 20.4 Å². The minimum absolute atomic E-state index is 0.167. The summed E-state index contributed by atoms with van der Waals surface area (Å²) in [4.78, 5) is 43.6. The monoisotopic (exact) mass is 453 g/mol. The highest BCUT2D eigenvalue weighted by molar-refractivity contribution is 5.98. The Kier molecular flexibility index (Phi) is 6.34. The molecule has 10 nitrogen and oxygen atoms in total. The molecule has 0 spiro atoms. The molecule has 174 valence electrons. The summed E-state index contributed by atoms with van der Waals surface area (Å²) in [5.74, 6) is 0.558. The maximum atomic E-state index is 13.1. The third-order valence-electron chi connectivity index (χ3n) is 5.70. The second-order valence-electron chi connectivity index (χ2n) is 8.31. The second-order valence-corrected chi connectivity index (χ2v) is 8.31. The molecule has 1 aliphatic rings. The number of nitrogens with one attached hydrogen (secondary N) is 2. The highest BCUT2D eigenvalue weighted by Crippen LogP contribution is 2.25. The van der Waals surface area contributed by atoms with Crippen LogP contribution in [0.2, 0.25) is 0 Å². The first-order chi connectivity index (χ1) is 15.9. The van der Waals surface area contributed by atoms with Crippen LogP contribution in [0.25, 0.3) is 17.2 Å². The van der Waals surface area contributed by atoms with E-state index in [-0.39, 0.29) is 17.7 Å². The van der Waals surface area contributed by atoms with Crippen LogP contribution in [0.5, 0.6) is 0 Å². The van der Waals surface area contributed by atoms with Crippen LogP contribution in [0.3, 0.4) is 0 Å². The average Bonchev–Trinajstić information content (AvgIpc) is 3.52. The Hall–Kier alpha value is -3.82. The van der Waals surface area contributed by atoms with Gasteiger partial charge in [-0.2, -0.15) is 4.98 Å². The van der Waals surface area contributed by atoms with E-state index in [9.17, 15) is 14.4 Å². The first-order valence-corrected chi connectivity index (χ1v) is 10.9. The number of oxazole rings is 1. The number of rotatable bonds is 6. The number of imidazole rings is 1. The number of methoxy groups -OCH3 is 1. The number of fused-ring (bicyclic) bond motifs is 1. The molecule has 10 heteroatoms. The summed E-state index contributed by atoms with van der Waals surface area (Å²) in [6, 6.07) is 8.22. The lowest BCUT2D eigenvalue weighted by atomic mass is 10.0.